The van der Waals surface area contributed by atoms with Crippen molar-refractivity contribution in [3.8, 4) is 5.75 Å². The lowest BCUT2D eigenvalue weighted by Gasteiger charge is -2.12. The molecule has 0 N–H and O–H groups in total. The molecule has 0 aromatic heterocycles. The molecule has 148 valence electrons. The van der Waals surface area contributed by atoms with Gasteiger partial charge in [-0.25, -0.2) is 0 Å². The Morgan fingerprint density at radius 1 is 1.17 bits per heavy atom. The summed E-state index contributed by atoms with van der Waals surface area (Å²) >= 11 is 13.2. The van der Waals surface area contributed by atoms with Gasteiger partial charge in [0, 0.05) is 33.4 Å². The van der Waals surface area contributed by atoms with Gasteiger partial charge in [0.15, 0.2) is 0 Å². The fourth-order valence-corrected chi connectivity index (χ4v) is 4.12. The monoisotopic (exact) mass is 536 g/mol. The van der Waals surface area contributed by atoms with E-state index in [1.807, 2.05) is 37.3 Å². The molecule has 0 bridgehead atoms. The number of halogens is 3. The summed E-state index contributed by atoms with van der Waals surface area (Å²) in [5.74, 6) is 0.620. The van der Waals surface area contributed by atoms with E-state index in [4.69, 9.17) is 16.3 Å². The van der Waals surface area contributed by atoms with Crippen molar-refractivity contribution in [1.29, 1.82) is 0 Å². The van der Waals surface area contributed by atoms with E-state index in [0.29, 0.717) is 10.8 Å². The van der Waals surface area contributed by atoms with Crippen LogP contribution in [0.4, 0.5) is 11.4 Å². The highest BCUT2D eigenvalue weighted by Gasteiger charge is 2.11. The second-order valence-electron chi connectivity index (χ2n) is 6.16. The minimum absolute atomic E-state index is 0.0447. The van der Waals surface area contributed by atoms with Crippen LogP contribution in [0.2, 0.25) is 5.02 Å². The molecule has 3 aromatic rings. The summed E-state index contributed by atoms with van der Waals surface area (Å²) in [6.45, 7) is 2.17. The van der Waals surface area contributed by atoms with Crippen LogP contribution in [0.3, 0.4) is 0 Å². The summed E-state index contributed by atoms with van der Waals surface area (Å²) in [5.41, 5.74) is 3.30. The molecule has 3 aromatic carbocycles. The van der Waals surface area contributed by atoms with Crippen LogP contribution in [0, 0.1) is 17.0 Å². The molecule has 0 heterocycles. The molecule has 0 aliphatic carbocycles. The van der Waals surface area contributed by atoms with Gasteiger partial charge in [-0.3, -0.25) is 15.1 Å². The van der Waals surface area contributed by atoms with Crippen LogP contribution in [-0.2, 0) is 6.61 Å². The van der Waals surface area contributed by atoms with Crippen molar-refractivity contribution in [1.82, 2.24) is 0 Å². The number of nitrogens with zero attached hydrogens (tertiary/aromatic N) is 2. The first kappa shape index (κ1) is 21.5. The molecule has 0 saturated carbocycles. The Kier molecular flexibility index (Phi) is 7.05. The van der Waals surface area contributed by atoms with Gasteiger partial charge in [-0.15, -0.1) is 0 Å². The number of nitro groups is 1. The Labute approximate surface area is 189 Å². The molecule has 3 rings (SSSR count). The van der Waals surface area contributed by atoms with Gasteiger partial charge < -0.3 is 4.74 Å². The first-order valence-electron chi connectivity index (χ1n) is 8.49. The smallest absolute Gasteiger partial charge is 0.269 e. The third kappa shape index (κ3) is 5.44. The molecule has 0 spiro atoms. The summed E-state index contributed by atoms with van der Waals surface area (Å²) < 4.78 is 7.63. The molecule has 8 heteroatoms. The van der Waals surface area contributed by atoms with E-state index in [-0.39, 0.29) is 12.3 Å². The maximum atomic E-state index is 10.8. The lowest BCUT2D eigenvalue weighted by molar-refractivity contribution is -0.384. The van der Waals surface area contributed by atoms with Crippen LogP contribution in [0.25, 0.3) is 0 Å². The SMILES string of the molecule is Cc1c(Cl)cccc1N=Cc1cc(Br)cc(Br)c1OCc1ccc([N+](=O)[O-])cc1. The molecule has 0 aliphatic heterocycles. The second kappa shape index (κ2) is 9.52. The Morgan fingerprint density at radius 3 is 2.59 bits per heavy atom. The summed E-state index contributed by atoms with van der Waals surface area (Å²) in [7, 11) is 0. The summed E-state index contributed by atoms with van der Waals surface area (Å²) in [6, 6.07) is 15.6. The van der Waals surface area contributed by atoms with Crippen molar-refractivity contribution < 1.29 is 9.66 Å². The quantitative estimate of drug-likeness (QED) is 0.186. The van der Waals surface area contributed by atoms with E-state index in [0.717, 1.165) is 31.3 Å². The standard InChI is InChI=1S/C21H15Br2ClN2O3/c1-13-19(24)3-2-4-20(13)25-11-15-9-16(22)10-18(23)21(15)29-12-14-5-7-17(8-6-14)26(27)28/h2-11H,12H2,1H3. The fraction of sp³-hybridized carbons (Fsp3) is 0.0952. The van der Waals surface area contributed by atoms with E-state index >= 15 is 0 Å². The second-order valence-corrected chi connectivity index (χ2v) is 8.34. The normalized spacial score (nSPS) is 11.0. The van der Waals surface area contributed by atoms with Crippen molar-refractivity contribution in [3.63, 3.8) is 0 Å². The molecule has 5 nitrogen and oxygen atoms in total. The largest absolute Gasteiger partial charge is 0.487 e. The van der Waals surface area contributed by atoms with Crippen LogP contribution in [0.1, 0.15) is 16.7 Å². The van der Waals surface area contributed by atoms with E-state index in [1.165, 1.54) is 12.1 Å². The highest BCUT2D eigenvalue weighted by atomic mass is 79.9. The molecule has 0 atom stereocenters. The number of nitro benzene ring substituents is 1. The van der Waals surface area contributed by atoms with Gasteiger partial charge in [0.25, 0.3) is 5.69 Å². The van der Waals surface area contributed by atoms with E-state index in [9.17, 15) is 10.1 Å². The lowest BCUT2D eigenvalue weighted by atomic mass is 10.2. The van der Waals surface area contributed by atoms with E-state index < -0.39 is 4.92 Å². The Hall–Kier alpha value is -2.22. The van der Waals surface area contributed by atoms with Gasteiger partial charge in [0.2, 0.25) is 0 Å². The first-order chi connectivity index (χ1) is 13.8. The predicted molar refractivity (Wildman–Crippen MR) is 123 cm³/mol. The third-order valence-corrected chi connectivity index (χ3v) is 5.61. The Morgan fingerprint density at radius 2 is 1.90 bits per heavy atom. The highest BCUT2D eigenvalue weighted by molar-refractivity contribution is 9.11. The summed E-state index contributed by atoms with van der Waals surface area (Å²) in [6.07, 6.45) is 1.72. The molecule has 0 saturated heterocycles. The Bertz CT molecular complexity index is 1090. The number of benzene rings is 3. The number of non-ortho nitro benzene ring substituents is 1. The zero-order valence-corrected chi connectivity index (χ0v) is 19.2. The Balaban J connectivity index is 1.86. The van der Waals surface area contributed by atoms with E-state index in [1.54, 1.807) is 18.3 Å². The molecular formula is C21H15Br2ClN2O3. The van der Waals surface area contributed by atoms with Crippen LogP contribution in [-0.4, -0.2) is 11.1 Å². The molecule has 0 unspecified atom stereocenters. The average Bonchev–Trinajstić information content (AvgIpc) is 2.68. The molecule has 29 heavy (non-hydrogen) atoms. The van der Waals surface area contributed by atoms with Gasteiger partial charge in [0.05, 0.1) is 15.1 Å². The molecule has 0 fully saturated rings. The third-order valence-electron chi connectivity index (χ3n) is 4.15. The summed E-state index contributed by atoms with van der Waals surface area (Å²) in [4.78, 5) is 14.9. The lowest BCUT2D eigenvalue weighted by Crippen LogP contribution is -2.00. The van der Waals surface area contributed by atoms with Crippen molar-refractivity contribution in [2.24, 2.45) is 4.99 Å². The van der Waals surface area contributed by atoms with Crippen LogP contribution in [0.5, 0.6) is 5.75 Å². The zero-order valence-electron chi connectivity index (χ0n) is 15.2. The van der Waals surface area contributed by atoms with Gasteiger partial charge in [0.1, 0.15) is 12.4 Å². The van der Waals surface area contributed by atoms with Crippen LogP contribution >= 0.6 is 43.5 Å². The number of aliphatic imine (C=N–C) groups is 1. The van der Waals surface area contributed by atoms with Gasteiger partial charge in [-0.05, 0) is 70.4 Å². The van der Waals surface area contributed by atoms with E-state index in [2.05, 4.69) is 36.9 Å². The molecule has 0 aliphatic rings. The minimum Gasteiger partial charge on any atom is -0.487 e. The van der Waals surface area contributed by atoms with Gasteiger partial charge in [-0.2, -0.15) is 0 Å². The van der Waals surface area contributed by atoms with Crippen molar-refractivity contribution in [2.75, 3.05) is 0 Å². The number of hydrogen-bond acceptors (Lipinski definition) is 4. The zero-order chi connectivity index (χ0) is 21.0. The van der Waals surface area contributed by atoms with Crippen LogP contribution < -0.4 is 4.74 Å². The number of ether oxygens (including phenoxy) is 1. The number of hydrogen-bond donors (Lipinski definition) is 0. The van der Waals surface area contributed by atoms with Crippen LogP contribution in [0.15, 0.2) is 68.5 Å². The molecule has 0 radical (unpaired) electrons. The predicted octanol–water partition coefficient (Wildman–Crippen LogP) is 7.41. The molecular weight excluding hydrogens is 524 g/mol. The maximum Gasteiger partial charge on any atom is 0.269 e. The average molecular weight is 539 g/mol. The fourth-order valence-electron chi connectivity index (χ4n) is 2.57. The van der Waals surface area contributed by atoms with Gasteiger partial charge >= 0.3 is 0 Å². The van der Waals surface area contributed by atoms with Crippen molar-refractivity contribution in [2.45, 2.75) is 13.5 Å². The maximum absolute atomic E-state index is 10.8. The minimum atomic E-state index is -0.428. The number of rotatable bonds is 6. The van der Waals surface area contributed by atoms with Gasteiger partial charge in [-0.1, -0.05) is 33.6 Å². The highest BCUT2D eigenvalue weighted by Crippen LogP contribution is 2.33. The first-order valence-corrected chi connectivity index (χ1v) is 10.5. The topological polar surface area (TPSA) is 64.7 Å². The molecule has 0 amide bonds. The van der Waals surface area contributed by atoms with Crippen molar-refractivity contribution in [3.05, 3.63) is 95.4 Å². The van der Waals surface area contributed by atoms with Crippen molar-refractivity contribution >= 4 is 61.1 Å². The summed E-state index contributed by atoms with van der Waals surface area (Å²) in [5, 5.41) is 11.4.